The molecule has 0 amide bonds. The van der Waals surface area contributed by atoms with Crippen LogP contribution in [0.5, 0.6) is 5.75 Å². The molecule has 0 aliphatic rings. The molecule has 0 bridgehead atoms. The van der Waals surface area contributed by atoms with Gasteiger partial charge in [0.05, 0.1) is 0 Å². The van der Waals surface area contributed by atoms with Gasteiger partial charge in [0.2, 0.25) is 5.82 Å². The van der Waals surface area contributed by atoms with Gasteiger partial charge in [-0.1, -0.05) is 43.3 Å². The van der Waals surface area contributed by atoms with Crippen molar-refractivity contribution in [1.29, 1.82) is 0 Å². The standard InChI is InChI=1S/C19H18F2N2O2/c1-12(2)11-16(24-13-7-4-3-5-8-13)18-22-19(25-23-18)17-14(20)9-6-10-15(17)21/h3-10,12,16H,11H2,1-2H3. The summed E-state index contributed by atoms with van der Waals surface area (Å²) in [6, 6.07) is 12.8. The van der Waals surface area contributed by atoms with E-state index in [2.05, 4.69) is 10.1 Å². The molecule has 0 N–H and O–H groups in total. The van der Waals surface area contributed by atoms with Gasteiger partial charge < -0.3 is 9.26 Å². The van der Waals surface area contributed by atoms with E-state index in [1.165, 1.54) is 6.07 Å². The van der Waals surface area contributed by atoms with E-state index in [-0.39, 0.29) is 17.3 Å². The van der Waals surface area contributed by atoms with Crippen LogP contribution in [0.3, 0.4) is 0 Å². The zero-order chi connectivity index (χ0) is 17.8. The van der Waals surface area contributed by atoms with Crippen LogP contribution < -0.4 is 4.74 Å². The highest BCUT2D eigenvalue weighted by atomic mass is 19.1. The molecule has 0 saturated carbocycles. The average molecular weight is 344 g/mol. The lowest BCUT2D eigenvalue weighted by molar-refractivity contribution is 0.164. The summed E-state index contributed by atoms with van der Waals surface area (Å²) in [5.74, 6) is -0.470. The topological polar surface area (TPSA) is 48.2 Å². The van der Waals surface area contributed by atoms with Gasteiger partial charge >= 0.3 is 0 Å². The summed E-state index contributed by atoms with van der Waals surface area (Å²) in [7, 11) is 0. The number of para-hydroxylation sites is 1. The number of nitrogens with zero attached hydrogens (tertiary/aromatic N) is 2. The first-order valence-corrected chi connectivity index (χ1v) is 8.04. The van der Waals surface area contributed by atoms with E-state index in [1.54, 1.807) is 0 Å². The van der Waals surface area contributed by atoms with Crippen molar-refractivity contribution in [3.05, 3.63) is 66.0 Å². The van der Waals surface area contributed by atoms with Crippen molar-refractivity contribution in [2.75, 3.05) is 0 Å². The Labute approximate surface area is 144 Å². The van der Waals surface area contributed by atoms with Crippen molar-refractivity contribution in [3.63, 3.8) is 0 Å². The maximum absolute atomic E-state index is 13.9. The molecule has 0 aliphatic heterocycles. The van der Waals surface area contributed by atoms with Crippen LogP contribution in [0.4, 0.5) is 8.78 Å². The smallest absolute Gasteiger partial charge is 0.264 e. The molecule has 1 unspecified atom stereocenters. The van der Waals surface area contributed by atoms with E-state index in [4.69, 9.17) is 9.26 Å². The van der Waals surface area contributed by atoms with Crippen molar-refractivity contribution >= 4 is 0 Å². The van der Waals surface area contributed by atoms with E-state index in [0.29, 0.717) is 18.1 Å². The first-order valence-electron chi connectivity index (χ1n) is 8.04. The number of hydrogen-bond donors (Lipinski definition) is 0. The molecule has 3 rings (SSSR count). The van der Waals surface area contributed by atoms with Crippen LogP contribution in [0.1, 0.15) is 32.2 Å². The predicted octanol–water partition coefficient (Wildman–Crippen LogP) is 5.18. The molecule has 0 fully saturated rings. The second-order valence-electron chi connectivity index (χ2n) is 6.10. The Hall–Kier alpha value is -2.76. The Balaban J connectivity index is 1.91. The quantitative estimate of drug-likeness (QED) is 0.618. The molecular formula is C19H18F2N2O2. The molecule has 130 valence electrons. The number of benzene rings is 2. The van der Waals surface area contributed by atoms with Crippen LogP contribution in [-0.2, 0) is 0 Å². The van der Waals surface area contributed by atoms with Crippen LogP contribution in [-0.4, -0.2) is 10.1 Å². The highest BCUT2D eigenvalue weighted by Gasteiger charge is 2.24. The molecule has 3 aromatic rings. The number of hydrogen-bond acceptors (Lipinski definition) is 4. The van der Waals surface area contributed by atoms with Gasteiger partial charge in [0.1, 0.15) is 22.9 Å². The number of ether oxygens (including phenoxy) is 1. The number of rotatable bonds is 6. The second-order valence-corrected chi connectivity index (χ2v) is 6.10. The predicted molar refractivity (Wildman–Crippen MR) is 88.9 cm³/mol. The van der Waals surface area contributed by atoms with Crippen LogP contribution in [0, 0.1) is 17.6 Å². The van der Waals surface area contributed by atoms with Gasteiger partial charge in [-0.05, 0) is 36.6 Å². The van der Waals surface area contributed by atoms with Gasteiger partial charge in [0, 0.05) is 0 Å². The Morgan fingerprint density at radius 3 is 2.32 bits per heavy atom. The third-order valence-corrected chi connectivity index (χ3v) is 3.61. The summed E-state index contributed by atoms with van der Waals surface area (Å²) in [6.45, 7) is 4.08. The third-order valence-electron chi connectivity index (χ3n) is 3.61. The highest BCUT2D eigenvalue weighted by Crippen LogP contribution is 2.29. The fourth-order valence-corrected chi connectivity index (χ4v) is 2.47. The fourth-order valence-electron chi connectivity index (χ4n) is 2.47. The summed E-state index contributed by atoms with van der Waals surface area (Å²) in [5, 5.41) is 3.88. The lowest BCUT2D eigenvalue weighted by atomic mass is 10.1. The molecule has 6 heteroatoms. The zero-order valence-corrected chi connectivity index (χ0v) is 13.9. The first kappa shape index (κ1) is 17.1. The van der Waals surface area contributed by atoms with E-state index in [0.717, 1.165) is 12.1 Å². The van der Waals surface area contributed by atoms with Gasteiger partial charge in [-0.3, -0.25) is 0 Å². The van der Waals surface area contributed by atoms with Crippen LogP contribution >= 0.6 is 0 Å². The number of aromatic nitrogens is 2. The molecule has 4 nitrogen and oxygen atoms in total. The maximum Gasteiger partial charge on any atom is 0.264 e. The minimum Gasteiger partial charge on any atom is -0.482 e. The molecular weight excluding hydrogens is 326 g/mol. The first-order chi connectivity index (χ1) is 12.0. The van der Waals surface area contributed by atoms with Crippen molar-refractivity contribution in [2.24, 2.45) is 5.92 Å². The van der Waals surface area contributed by atoms with Crippen LogP contribution in [0.2, 0.25) is 0 Å². The monoisotopic (exact) mass is 344 g/mol. The van der Waals surface area contributed by atoms with E-state index in [1.807, 2.05) is 44.2 Å². The third kappa shape index (κ3) is 4.02. The van der Waals surface area contributed by atoms with Crippen molar-refractivity contribution in [1.82, 2.24) is 10.1 Å². The average Bonchev–Trinajstić information content (AvgIpc) is 3.04. The lowest BCUT2D eigenvalue weighted by Gasteiger charge is -2.17. The van der Waals surface area contributed by atoms with E-state index in [9.17, 15) is 8.78 Å². The van der Waals surface area contributed by atoms with E-state index >= 15 is 0 Å². The van der Waals surface area contributed by atoms with Gasteiger partial charge in [0.25, 0.3) is 5.89 Å². The van der Waals surface area contributed by atoms with Crippen molar-refractivity contribution in [3.8, 4) is 17.2 Å². The SMILES string of the molecule is CC(C)CC(Oc1ccccc1)c1noc(-c2c(F)cccc2F)n1. The zero-order valence-electron chi connectivity index (χ0n) is 13.9. The Kier molecular flexibility index (Phi) is 5.07. The lowest BCUT2D eigenvalue weighted by Crippen LogP contribution is -2.12. The summed E-state index contributed by atoms with van der Waals surface area (Å²) in [6.07, 6.45) is 0.155. The minimum absolute atomic E-state index is 0.198. The largest absolute Gasteiger partial charge is 0.482 e. The molecule has 0 aliphatic carbocycles. The molecule has 0 radical (unpaired) electrons. The summed E-state index contributed by atoms with van der Waals surface area (Å²) < 4.78 is 38.8. The summed E-state index contributed by atoms with van der Waals surface area (Å²) in [5.41, 5.74) is -0.329. The molecule has 1 atom stereocenters. The Bertz CT molecular complexity index is 814. The fraction of sp³-hybridized carbons (Fsp3) is 0.263. The highest BCUT2D eigenvalue weighted by molar-refractivity contribution is 5.54. The van der Waals surface area contributed by atoms with Crippen molar-refractivity contribution < 1.29 is 18.0 Å². The van der Waals surface area contributed by atoms with Crippen molar-refractivity contribution in [2.45, 2.75) is 26.4 Å². The summed E-state index contributed by atoms with van der Waals surface area (Å²) >= 11 is 0. The Morgan fingerprint density at radius 1 is 1.00 bits per heavy atom. The normalized spacial score (nSPS) is 12.4. The van der Waals surface area contributed by atoms with Gasteiger partial charge in [-0.25, -0.2) is 8.78 Å². The molecule has 0 spiro atoms. The van der Waals surface area contributed by atoms with Crippen LogP contribution in [0.25, 0.3) is 11.5 Å². The van der Waals surface area contributed by atoms with Gasteiger partial charge in [-0.2, -0.15) is 4.98 Å². The Morgan fingerprint density at radius 2 is 1.68 bits per heavy atom. The van der Waals surface area contributed by atoms with E-state index < -0.39 is 17.7 Å². The second kappa shape index (κ2) is 7.42. The molecule has 25 heavy (non-hydrogen) atoms. The molecule has 1 heterocycles. The summed E-state index contributed by atoms with van der Waals surface area (Å²) in [4.78, 5) is 4.17. The van der Waals surface area contributed by atoms with Gasteiger partial charge in [0.15, 0.2) is 6.10 Å². The number of halogens is 2. The van der Waals surface area contributed by atoms with Crippen LogP contribution in [0.15, 0.2) is 53.1 Å². The van der Waals surface area contributed by atoms with Gasteiger partial charge in [-0.15, -0.1) is 0 Å². The molecule has 1 aromatic heterocycles. The minimum atomic E-state index is -0.750. The molecule has 0 saturated heterocycles. The maximum atomic E-state index is 13.9. The molecule has 2 aromatic carbocycles.